The number of hydrogen-bond acceptors (Lipinski definition) is 3. The number of hydrogen-bond donors (Lipinski definition) is 0. The fraction of sp³-hybridized carbons (Fsp3) is 0.381. The number of methoxy groups -OCH3 is 2. The van der Waals surface area contributed by atoms with Crippen molar-refractivity contribution in [2.45, 2.75) is 25.8 Å². The number of ether oxygens (including phenoxy) is 2. The second-order valence-electron chi connectivity index (χ2n) is 6.03. The first kappa shape index (κ1) is 20.1. The summed E-state index contributed by atoms with van der Waals surface area (Å²) in [6, 6.07) is 15.9. The lowest BCUT2D eigenvalue weighted by atomic mass is 10.1. The van der Waals surface area contributed by atoms with Crippen LogP contribution in [0.1, 0.15) is 24.0 Å². The quantitative estimate of drug-likeness (QED) is 0.581. The van der Waals surface area contributed by atoms with Crippen LogP contribution in [0.4, 0.5) is 0 Å². The highest BCUT2D eigenvalue weighted by molar-refractivity contribution is 6.17. The maximum absolute atomic E-state index is 12.6. The number of carbonyl (C=O) groups is 1. The topological polar surface area (TPSA) is 38.8 Å². The lowest BCUT2D eigenvalue weighted by Crippen LogP contribution is -2.32. The van der Waals surface area contributed by atoms with Crippen LogP contribution in [-0.2, 0) is 17.8 Å². The minimum absolute atomic E-state index is 0.134. The Kier molecular flexibility index (Phi) is 8.29. The van der Waals surface area contributed by atoms with E-state index in [-0.39, 0.29) is 5.91 Å². The summed E-state index contributed by atoms with van der Waals surface area (Å²) in [5.74, 6) is 2.04. The van der Waals surface area contributed by atoms with E-state index in [9.17, 15) is 4.79 Å². The molecule has 26 heavy (non-hydrogen) atoms. The maximum atomic E-state index is 12.6. The normalized spacial score (nSPS) is 10.4. The molecule has 0 aliphatic rings. The molecular weight excluding hydrogens is 350 g/mol. The van der Waals surface area contributed by atoms with Crippen LogP contribution in [0.3, 0.4) is 0 Å². The molecule has 4 nitrogen and oxygen atoms in total. The van der Waals surface area contributed by atoms with E-state index in [2.05, 4.69) is 0 Å². The predicted octanol–water partition coefficient (Wildman–Crippen LogP) is 4.29. The second kappa shape index (κ2) is 10.7. The van der Waals surface area contributed by atoms with E-state index >= 15 is 0 Å². The summed E-state index contributed by atoms with van der Waals surface area (Å²) in [7, 11) is 3.24. The molecule has 140 valence electrons. The van der Waals surface area contributed by atoms with Crippen molar-refractivity contribution in [2.75, 3.05) is 26.6 Å². The Labute approximate surface area is 160 Å². The minimum atomic E-state index is 0.134. The number of halogens is 1. The number of benzene rings is 2. The van der Waals surface area contributed by atoms with E-state index in [1.54, 1.807) is 14.2 Å². The van der Waals surface area contributed by atoms with Crippen LogP contribution in [-0.4, -0.2) is 37.5 Å². The molecule has 5 heteroatoms. The molecule has 0 aromatic heterocycles. The van der Waals surface area contributed by atoms with Crippen molar-refractivity contribution in [2.24, 2.45) is 0 Å². The second-order valence-corrected chi connectivity index (χ2v) is 6.41. The van der Waals surface area contributed by atoms with Crippen LogP contribution in [0.25, 0.3) is 0 Å². The van der Waals surface area contributed by atoms with Crippen LogP contribution < -0.4 is 9.47 Å². The number of alkyl halides is 1. The zero-order valence-corrected chi connectivity index (χ0v) is 16.2. The van der Waals surface area contributed by atoms with Gasteiger partial charge >= 0.3 is 0 Å². The van der Waals surface area contributed by atoms with Gasteiger partial charge in [0.2, 0.25) is 5.91 Å². The fourth-order valence-corrected chi connectivity index (χ4v) is 2.91. The monoisotopic (exact) mass is 375 g/mol. The van der Waals surface area contributed by atoms with Crippen molar-refractivity contribution in [1.29, 1.82) is 0 Å². The first-order chi connectivity index (χ1) is 12.7. The molecule has 0 radical (unpaired) electrons. The van der Waals surface area contributed by atoms with Gasteiger partial charge in [-0.15, -0.1) is 11.6 Å². The average Bonchev–Trinajstić information content (AvgIpc) is 2.69. The van der Waals surface area contributed by atoms with Gasteiger partial charge in [0.05, 0.1) is 14.2 Å². The third kappa shape index (κ3) is 5.95. The summed E-state index contributed by atoms with van der Waals surface area (Å²) in [6.45, 7) is 1.25. The molecule has 0 saturated heterocycles. The van der Waals surface area contributed by atoms with Gasteiger partial charge in [-0.05, 0) is 36.1 Å². The van der Waals surface area contributed by atoms with Crippen LogP contribution in [0, 0.1) is 0 Å². The molecule has 0 heterocycles. The van der Waals surface area contributed by atoms with Gasteiger partial charge in [0.1, 0.15) is 0 Å². The van der Waals surface area contributed by atoms with Gasteiger partial charge < -0.3 is 14.4 Å². The van der Waals surface area contributed by atoms with Crippen molar-refractivity contribution in [3.63, 3.8) is 0 Å². The van der Waals surface area contributed by atoms with Crippen molar-refractivity contribution < 1.29 is 14.3 Å². The Bertz CT molecular complexity index is 691. The molecule has 0 spiro atoms. The van der Waals surface area contributed by atoms with E-state index in [1.165, 1.54) is 0 Å². The lowest BCUT2D eigenvalue weighted by Gasteiger charge is -2.23. The first-order valence-electron chi connectivity index (χ1n) is 8.76. The number of nitrogens with zero attached hydrogens (tertiary/aromatic N) is 1. The number of amides is 1. The molecule has 0 unspecified atom stereocenters. The SMILES string of the molecule is COc1ccc(CCN(Cc2ccccc2)C(=O)CCCCl)cc1OC. The van der Waals surface area contributed by atoms with E-state index in [4.69, 9.17) is 21.1 Å². The molecular formula is C21H26ClNO3. The third-order valence-corrected chi connectivity index (χ3v) is 4.48. The Morgan fingerprint density at radius 3 is 2.38 bits per heavy atom. The first-order valence-corrected chi connectivity index (χ1v) is 9.30. The van der Waals surface area contributed by atoms with Gasteiger partial charge in [-0.25, -0.2) is 0 Å². The van der Waals surface area contributed by atoms with Gasteiger partial charge in [-0.2, -0.15) is 0 Å². The van der Waals surface area contributed by atoms with E-state index < -0.39 is 0 Å². The Morgan fingerprint density at radius 2 is 1.73 bits per heavy atom. The third-order valence-electron chi connectivity index (χ3n) is 4.21. The van der Waals surface area contributed by atoms with Crippen LogP contribution in [0.5, 0.6) is 11.5 Å². The van der Waals surface area contributed by atoms with Crippen LogP contribution in [0.15, 0.2) is 48.5 Å². The summed E-state index contributed by atoms with van der Waals surface area (Å²) in [5, 5.41) is 0. The summed E-state index contributed by atoms with van der Waals surface area (Å²) < 4.78 is 10.6. The van der Waals surface area contributed by atoms with Crippen molar-refractivity contribution >= 4 is 17.5 Å². The molecule has 1 amide bonds. The lowest BCUT2D eigenvalue weighted by molar-refractivity contribution is -0.131. The van der Waals surface area contributed by atoms with Gasteiger partial charge in [0.15, 0.2) is 11.5 Å². The fourth-order valence-electron chi connectivity index (χ4n) is 2.77. The predicted molar refractivity (Wildman–Crippen MR) is 105 cm³/mol. The van der Waals surface area contributed by atoms with Crippen molar-refractivity contribution in [3.05, 3.63) is 59.7 Å². The molecule has 2 aromatic carbocycles. The molecule has 0 aliphatic heterocycles. The Morgan fingerprint density at radius 1 is 1.00 bits per heavy atom. The zero-order valence-electron chi connectivity index (χ0n) is 15.4. The molecule has 0 atom stereocenters. The molecule has 2 rings (SSSR count). The highest BCUT2D eigenvalue weighted by Crippen LogP contribution is 2.27. The van der Waals surface area contributed by atoms with Crippen molar-refractivity contribution in [1.82, 2.24) is 4.90 Å². The molecule has 0 N–H and O–H groups in total. The van der Waals surface area contributed by atoms with Crippen LogP contribution >= 0.6 is 11.6 Å². The number of carbonyl (C=O) groups excluding carboxylic acids is 1. The van der Waals surface area contributed by atoms with Gasteiger partial charge in [-0.1, -0.05) is 36.4 Å². The standard InChI is InChI=1S/C21H26ClNO3/c1-25-19-11-10-17(15-20(19)26-2)12-14-23(21(24)9-6-13-22)16-18-7-4-3-5-8-18/h3-5,7-8,10-11,15H,6,9,12-14,16H2,1-2H3. The van der Waals surface area contributed by atoms with Gasteiger partial charge in [0.25, 0.3) is 0 Å². The zero-order chi connectivity index (χ0) is 18.8. The van der Waals surface area contributed by atoms with Gasteiger partial charge in [-0.3, -0.25) is 4.79 Å². The number of rotatable bonds is 10. The molecule has 0 saturated carbocycles. The van der Waals surface area contributed by atoms with Gasteiger partial charge in [0, 0.05) is 25.4 Å². The summed E-state index contributed by atoms with van der Waals surface area (Å²) in [6.07, 6.45) is 1.92. The van der Waals surface area contributed by atoms with E-state index in [0.29, 0.717) is 43.3 Å². The summed E-state index contributed by atoms with van der Waals surface area (Å²) in [5.41, 5.74) is 2.23. The Balaban J connectivity index is 2.07. The van der Waals surface area contributed by atoms with Crippen LogP contribution in [0.2, 0.25) is 0 Å². The minimum Gasteiger partial charge on any atom is -0.493 e. The van der Waals surface area contributed by atoms with E-state index in [0.717, 1.165) is 17.5 Å². The summed E-state index contributed by atoms with van der Waals surface area (Å²) in [4.78, 5) is 14.5. The molecule has 0 fully saturated rings. The van der Waals surface area contributed by atoms with Crippen molar-refractivity contribution in [3.8, 4) is 11.5 Å². The average molecular weight is 376 g/mol. The largest absolute Gasteiger partial charge is 0.493 e. The van der Waals surface area contributed by atoms with E-state index in [1.807, 2.05) is 53.4 Å². The highest BCUT2D eigenvalue weighted by atomic mass is 35.5. The highest BCUT2D eigenvalue weighted by Gasteiger charge is 2.14. The smallest absolute Gasteiger partial charge is 0.222 e. The molecule has 2 aromatic rings. The molecule has 0 aliphatic carbocycles. The maximum Gasteiger partial charge on any atom is 0.222 e. The molecule has 0 bridgehead atoms. The Hall–Kier alpha value is -2.20. The summed E-state index contributed by atoms with van der Waals surface area (Å²) >= 11 is 5.75.